The third kappa shape index (κ3) is 1.51. The summed E-state index contributed by atoms with van der Waals surface area (Å²) >= 11 is 1.35. The van der Waals surface area contributed by atoms with E-state index in [4.69, 9.17) is 0 Å². The van der Waals surface area contributed by atoms with Gasteiger partial charge in [0.05, 0.1) is 5.56 Å². The lowest BCUT2D eigenvalue weighted by Gasteiger charge is -1.91. The molecule has 2 aromatic rings. The molecule has 0 radical (unpaired) electrons. The smallest absolute Gasteiger partial charge is 0.258 e. The summed E-state index contributed by atoms with van der Waals surface area (Å²) in [4.78, 5) is 14.0. The molecular weight excluding hydrogens is 200 g/mol. The second-order valence-electron chi connectivity index (χ2n) is 2.58. The molecule has 0 atom stereocenters. The van der Waals surface area contributed by atoms with Gasteiger partial charge in [0.15, 0.2) is 5.01 Å². The first-order chi connectivity index (χ1) is 6.81. The van der Waals surface area contributed by atoms with Crippen molar-refractivity contribution in [2.45, 2.75) is 0 Å². The van der Waals surface area contributed by atoms with Gasteiger partial charge in [-0.1, -0.05) is 11.3 Å². The van der Waals surface area contributed by atoms with Crippen LogP contribution in [-0.4, -0.2) is 22.2 Å². The first kappa shape index (κ1) is 8.89. The van der Waals surface area contributed by atoms with Crippen LogP contribution in [0.5, 0.6) is 0 Å². The zero-order valence-electron chi connectivity index (χ0n) is 7.44. The summed E-state index contributed by atoms with van der Waals surface area (Å²) in [5, 5.41) is 11.9. The van der Waals surface area contributed by atoms with E-state index in [1.165, 1.54) is 11.3 Å². The highest BCUT2D eigenvalue weighted by atomic mass is 32.1. The van der Waals surface area contributed by atoms with Crippen LogP contribution < -0.4 is 10.9 Å². The summed E-state index contributed by atoms with van der Waals surface area (Å²) in [5.41, 5.74) is 0.401. The lowest BCUT2D eigenvalue weighted by Crippen LogP contribution is -2.06. The number of H-pyrrole nitrogens is 1. The highest BCUT2D eigenvalue weighted by Crippen LogP contribution is 2.22. The largest absolute Gasteiger partial charge is 0.363 e. The Bertz CT molecular complexity index is 490. The van der Waals surface area contributed by atoms with E-state index in [-0.39, 0.29) is 5.56 Å². The van der Waals surface area contributed by atoms with Crippen LogP contribution in [0.1, 0.15) is 0 Å². The standard InChI is InChI=1S/C8H8N4OS/c1-9-8-12-11-7(14-8)5-3-2-4-10-6(5)13/h2-4H,1H3,(H,9,12)(H,10,13). The number of anilines is 1. The minimum atomic E-state index is -0.147. The van der Waals surface area contributed by atoms with Crippen molar-refractivity contribution >= 4 is 16.5 Å². The monoisotopic (exact) mass is 208 g/mol. The minimum absolute atomic E-state index is 0.147. The molecule has 2 N–H and O–H groups in total. The van der Waals surface area contributed by atoms with E-state index in [9.17, 15) is 4.79 Å². The molecule has 2 rings (SSSR count). The van der Waals surface area contributed by atoms with Gasteiger partial charge < -0.3 is 10.3 Å². The predicted octanol–water partition coefficient (Wildman–Crippen LogP) is 0.935. The molecule has 2 aromatic heterocycles. The fourth-order valence-electron chi connectivity index (χ4n) is 1.02. The van der Waals surface area contributed by atoms with Crippen LogP contribution in [0.2, 0.25) is 0 Å². The van der Waals surface area contributed by atoms with E-state index < -0.39 is 0 Å². The Balaban J connectivity index is 2.50. The fourth-order valence-corrected chi connectivity index (χ4v) is 1.74. The quantitative estimate of drug-likeness (QED) is 0.770. The van der Waals surface area contributed by atoms with E-state index in [1.807, 2.05) is 0 Å². The maximum atomic E-state index is 11.4. The van der Waals surface area contributed by atoms with Crippen molar-refractivity contribution in [2.24, 2.45) is 0 Å². The number of aromatic nitrogens is 3. The van der Waals surface area contributed by atoms with Crippen molar-refractivity contribution in [1.29, 1.82) is 0 Å². The summed E-state index contributed by atoms with van der Waals surface area (Å²) in [5.74, 6) is 0. The van der Waals surface area contributed by atoms with E-state index >= 15 is 0 Å². The maximum absolute atomic E-state index is 11.4. The van der Waals surface area contributed by atoms with Gasteiger partial charge in [0.2, 0.25) is 5.13 Å². The van der Waals surface area contributed by atoms with Gasteiger partial charge in [0.25, 0.3) is 5.56 Å². The lowest BCUT2D eigenvalue weighted by molar-refractivity contribution is 1.09. The highest BCUT2D eigenvalue weighted by molar-refractivity contribution is 7.18. The fraction of sp³-hybridized carbons (Fsp3) is 0.125. The number of hydrogen-bond donors (Lipinski definition) is 2. The number of aromatic amines is 1. The average molecular weight is 208 g/mol. The van der Waals surface area contributed by atoms with Crippen LogP contribution in [0.25, 0.3) is 10.6 Å². The van der Waals surface area contributed by atoms with Crippen molar-refractivity contribution in [2.75, 3.05) is 12.4 Å². The lowest BCUT2D eigenvalue weighted by atomic mass is 10.3. The molecule has 72 valence electrons. The molecule has 0 spiro atoms. The predicted molar refractivity (Wildman–Crippen MR) is 55.5 cm³/mol. The molecule has 0 aliphatic rings. The molecule has 5 nitrogen and oxygen atoms in total. The molecule has 14 heavy (non-hydrogen) atoms. The first-order valence-electron chi connectivity index (χ1n) is 4.00. The van der Waals surface area contributed by atoms with Crippen molar-refractivity contribution in [3.63, 3.8) is 0 Å². The van der Waals surface area contributed by atoms with Crippen molar-refractivity contribution in [3.8, 4) is 10.6 Å². The van der Waals surface area contributed by atoms with Crippen LogP contribution in [0.4, 0.5) is 5.13 Å². The van der Waals surface area contributed by atoms with Crippen molar-refractivity contribution < 1.29 is 0 Å². The zero-order chi connectivity index (χ0) is 9.97. The Morgan fingerprint density at radius 2 is 2.36 bits per heavy atom. The molecule has 2 heterocycles. The van der Waals surface area contributed by atoms with Gasteiger partial charge in [0.1, 0.15) is 0 Å². The number of hydrogen-bond acceptors (Lipinski definition) is 5. The van der Waals surface area contributed by atoms with Gasteiger partial charge in [-0.2, -0.15) is 0 Å². The molecule has 0 aliphatic carbocycles. The summed E-state index contributed by atoms with van der Waals surface area (Å²) in [6.07, 6.45) is 1.59. The third-order valence-corrected chi connectivity index (χ3v) is 2.66. The van der Waals surface area contributed by atoms with Gasteiger partial charge in [0, 0.05) is 13.2 Å². The highest BCUT2D eigenvalue weighted by Gasteiger charge is 2.07. The van der Waals surface area contributed by atoms with Gasteiger partial charge in [-0.25, -0.2) is 0 Å². The van der Waals surface area contributed by atoms with E-state index in [1.54, 1.807) is 25.4 Å². The SMILES string of the molecule is CNc1nnc(-c2ccc[nH]c2=O)s1. The number of nitrogens with one attached hydrogen (secondary N) is 2. The van der Waals surface area contributed by atoms with Crippen LogP contribution in [0.3, 0.4) is 0 Å². The maximum Gasteiger partial charge on any atom is 0.258 e. The van der Waals surface area contributed by atoms with Crippen LogP contribution in [0.15, 0.2) is 23.1 Å². The molecule has 0 amide bonds. The Morgan fingerprint density at radius 3 is 3.00 bits per heavy atom. The number of rotatable bonds is 2. The second kappa shape index (κ2) is 3.59. The summed E-state index contributed by atoms with van der Waals surface area (Å²) in [6, 6.07) is 3.48. The Hall–Kier alpha value is -1.69. The molecule has 0 aliphatic heterocycles. The molecule has 0 unspecified atom stereocenters. The normalized spacial score (nSPS) is 10.1. The van der Waals surface area contributed by atoms with Crippen LogP contribution in [0, 0.1) is 0 Å². The Morgan fingerprint density at radius 1 is 1.50 bits per heavy atom. The Kier molecular flexibility index (Phi) is 2.28. The first-order valence-corrected chi connectivity index (χ1v) is 4.82. The molecule has 0 aromatic carbocycles. The zero-order valence-corrected chi connectivity index (χ0v) is 8.26. The summed E-state index contributed by atoms with van der Waals surface area (Å²) in [7, 11) is 1.76. The summed E-state index contributed by atoms with van der Waals surface area (Å²) in [6.45, 7) is 0. The number of pyridine rings is 1. The van der Waals surface area contributed by atoms with E-state index in [0.29, 0.717) is 15.7 Å². The molecule has 0 fully saturated rings. The van der Waals surface area contributed by atoms with Crippen LogP contribution >= 0.6 is 11.3 Å². The average Bonchev–Trinajstić information content (AvgIpc) is 2.67. The third-order valence-electron chi connectivity index (χ3n) is 1.69. The van der Waals surface area contributed by atoms with E-state index in [2.05, 4.69) is 20.5 Å². The topological polar surface area (TPSA) is 70.7 Å². The van der Waals surface area contributed by atoms with Crippen molar-refractivity contribution in [1.82, 2.24) is 15.2 Å². The van der Waals surface area contributed by atoms with Gasteiger partial charge in [-0.15, -0.1) is 10.2 Å². The van der Waals surface area contributed by atoms with Gasteiger partial charge in [-0.3, -0.25) is 4.79 Å². The summed E-state index contributed by atoms with van der Waals surface area (Å²) < 4.78 is 0. The van der Waals surface area contributed by atoms with Gasteiger partial charge in [-0.05, 0) is 12.1 Å². The van der Waals surface area contributed by atoms with E-state index in [0.717, 1.165) is 0 Å². The number of nitrogens with zero attached hydrogens (tertiary/aromatic N) is 2. The molecule has 0 saturated heterocycles. The minimum Gasteiger partial charge on any atom is -0.363 e. The van der Waals surface area contributed by atoms with Gasteiger partial charge >= 0.3 is 0 Å². The molecule has 0 bridgehead atoms. The van der Waals surface area contributed by atoms with Crippen molar-refractivity contribution in [3.05, 3.63) is 28.7 Å². The Labute approximate surface area is 83.8 Å². The molecular formula is C8H8N4OS. The molecule has 0 saturated carbocycles. The van der Waals surface area contributed by atoms with Crippen LogP contribution in [-0.2, 0) is 0 Å². The molecule has 6 heteroatoms. The second-order valence-corrected chi connectivity index (χ2v) is 3.55.